The van der Waals surface area contributed by atoms with E-state index in [4.69, 9.17) is 5.73 Å². The summed E-state index contributed by atoms with van der Waals surface area (Å²) >= 11 is 0. The van der Waals surface area contributed by atoms with Crippen molar-refractivity contribution in [2.75, 3.05) is 5.73 Å². The fraction of sp³-hybridized carbons (Fsp3) is 0.700. The molecular formula is C10H15N3. The van der Waals surface area contributed by atoms with Crippen molar-refractivity contribution in [3.05, 3.63) is 11.8 Å². The van der Waals surface area contributed by atoms with Crippen molar-refractivity contribution in [1.29, 1.82) is 0 Å². The van der Waals surface area contributed by atoms with E-state index in [0.29, 0.717) is 11.2 Å². The van der Waals surface area contributed by atoms with Crippen molar-refractivity contribution in [3.8, 4) is 0 Å². The number of anilines is 1. The van der Waals surface area contributed by atoms with Gasteiger partial charge in [0.15, 0.2) is 0 Å². The van der Waals surface area contributed by atoms with E-state index in [1.807, 2.05) is 6.07 Å². The van der Waals surface area contributed by atoms with E-state index in [9.17, 15) is 0 Å². The Morgan fingerprint density at radius 1 is 1.54 bits per heavy atom. The summed E-state index contributed by atoms with van der Waals surface area (Å²) in [5, 5.41) is 7.10. The molecule has 0 radical (unpaired) electrons. The first-order valence-electron chi connectivity index (χ1n) is 5.13. The highest BCUT2D eigenvalue weighted by molar-refractivity contribution is 5.37. The fourth-order valence-corrected chi connectivity index (χ4v) is 2.95. The number of rotatable bonds is 1. The predicted octanol–water partition coefficient (Wildman–Crippen LogP) is 1.82. The van der Waals surface area contributed by atoms with E-state index in [2.05, 4.69) is 10.2 Å². The molecule has 2 saturated carbocycles. The van der Waals surface area contributed by atoms with Crippen LogP contribution in [-0.4, -0.2) is 10.2 Å². The maximum Gasteiger partial charge on any atom is 0.145 e. The fourth-order valence-electron chi connectivity index (χ4n) is 2.95. The number of nitrogens with one attached hydrogen (secondary N) is 1. The van der Waals surface area contributed by atoms with Crippen LogP contribution in [0.2, 0.25) is 0 Å². The van der Waals surface area contributed by atoms with Gasteiger partial charge in [0.05, 0.1) is 0 Å². The van der Waals surface area contributed by atoms with Crippen molar-refractivity contribution < 1.29 is 0 Å². The van der Waals surface area contributed by atoms with Crippen LogP contribution in [0.5, 0.6) is 0 Å². The second-order valence-corrected chi connectivity index (χ2v) is 4.51. The molecule has 2 aliphatic carbocycles. The molecule has 2 atom stereocenters. The molecule has 3 nitrogen and oxygen atoms in total. The van der Waals surface area contributed by atoms with Gasteiger partial charge in [0.25, 0.3) is 0 Å². The van der Waals surface area contributed by atoms with E-state index >= 15 is 0 Å². The molecule has 0 spiro atoms. The Labute approximate surface area is 77.7 Å². The summed E-state index contributed by atoms with van der Waals surface area (Å²) in [5.41, 5.74) is 7.37. The molecule has 1 aromatic rings. The molecule has 1 heterocycles. The summed E-state index contributed by atoms with van der Waals surface area (Å²) in [6.07, 6.45) is 6.87. The highest BCUT2D eigenvalue weighted by atomic mass is 15.2. The third-order valence-electron chi connectivity index (χ3n) is 3.79. The van der Waals surface area contributed by atoms with Gasteiger partial charge in [-0.2, -0.15) is 5.10 Å². The average molecular weight is 177 g/mol. The summed E-state index contributed by atoms with van der Waals surface area (Å²) in [6, 6.07) is 2.02. The number of nitrogens with zero attached hydrogens (tertiary/aromatic N) is 1. The number of nitrogen functional groups attached to an aromatic ring is 1. The molecule has 1 aromatic heterocycles. The van der Waals surface area contributed by atoms with Gasteiger partial charge >= 0.3 is 0 Å². The zero-order valence-corrected chi connectivity index (χ0v) is 7.71. The highest BCUT2D eigenvalue weighted by Gasteiger charge is 2.56. The van der Waals surface area contributed by atoms with Gasteiger partial charge in [-0.25, -0.2) is 0 Å². The minimum absolute atomic E-state index is 0.461. The molecule has 2 unspecified atom stereocenters. The Hall–Kier alpha value is -0.990. The molecule has 3 rings (SSSR count). The maximum atomic E-state index is 5.62. The molecule has 13 heavy (non-hydrogen) atoms. The Morgan fingerprint density at radius 3 is 3.15 bits per heavy atom. The Bertz CT molecular complexity index is 331. The largest absolute Gasteiger partial charge is 0.382 e. The predicted molar refractivity (Wildman–Crippen MR) is 51.3 cm³/mol. The molecule has 70 valence electrons. The third kappa shape index (κ3) is 0.929. The van der Waals surface area contributed by atoms with Gasteiger partial charge < -0.3 is 5.73 Å². The van der Waals surface area contributed by atoms with Gasteiger partial charge in [0, 0.05) is 17.2 Å². The normalized spacial score (nSPS) is 37.1. The monoisotopic (exact) mass is 177 g/mol. The lowest BCUT2D eigenvalue weighted by Crippen LogP contribution is -2.14. The Balaban J connectivity index is 1.93. The quantitative estimate of drug-likeness (QED) is 0.687. The first-order chi connectivity index (χ1) is 6.31. The molecule has 0 saturated heterocycles. The zero-order valence-electron chi connectivity index (χ0n) is 7.71. The van der Waals surface area contributed by atoms with Crippen molar-refractivity contribution in [1.82, 2.24) is 10.2 Å². The Morgan fingerprint density at radius 2 is 2.46 bits per heavy atom. The van der Waals surface area contributed by atoms with E-state index in [1.165, 1.54) is 37.8 Å². The van der Waals surface area contributed by atoms with Crippen LogP contribution < -0.4 is 5.73 Å². The topological polar surface area (TPSA) is 54.7 Å². The lowest BCUT2D eigenvalue weighted by atomic mass is 9.86. The van der Waals surface area contributed by atoms with Gasteiger partial charge in [-0.15, -0.1) is 0 Å². The van der Waals surface area contributed by atoms with Crippen LogP contribution in [0.1, 0.15) is 37.8 Å². The maximum absolute atomic E-state index is 5.62. The zero-order chi connectivity index (χ0) is 8.89. The number of hydrogen-bond donors (Lipinski definition) is 2. The molecule has 0 amide bonds. The number of fused-ring (bicyclic) bond motifs is 1. The lowest BCUT2D eigenvalue weighted by molar-refractivity contribution is 0.421. The van der Waals surface area contributed by atoms with E-state index in [0.717, 1.165) is 5.92 Å². The third-order valence-corrected chi connectivity index (χ3v) is 3.79. The van der Waals surface area contributed by atoms with E-state index in [-0.39, 0.29) is 0 Å². The van der Waals surface area contributed by atoms with Crippen LogP contribution in [-0.2, 0) is 5.41 Å². The molecule has 0 aliphatic heterocycles. The average Bonchev–Trinajstić information content (AvgIpc) is 2.74. The number of nitrogens with two attached hydrogens (primary N) is 1. The van der Waals surface area contributed by atoms with Crippen LogP contribution in [0.25, 0.3) is 0 Å². The number of aromatic nitrogens is 2. The summed E-state index contributed by atoms with van der Waals surface area (Å²) in [4.78, 5) is 0. The van der Waals surface area contributed by atoms with Crippen molar-refractivity contribution in [2.45, 2.75) is 37.5 Å². The molecule has 3 N–H and O–H groups in total. The Kier molecular flexibility index (Phi) is 1.30. The second-order valence-electron chi connectivity index (χ2n) is 4.51. The molecule has 3 heteroatoms. The molecule has 2 fully saturated rings. The van der Waals surface area contributed by atoms with Gasteiger partial charge in [-0.05, 0) is 25.2 Å². The second kappa shape index (κ2) is 2.28. The van der Waals surface area contributed by atoms with Crippen LogP contribution in [0.15, 0.2) is 6.07 Å². The molecule has 0 aromatic carbocycles. The number of aromatic amines is 1. The van der Waals surface area contributed by atoms with Gasteiger partial charge in [-0.3, -0.25) is 5.10 Å². The molecular weight excluding hydrogens is 162 g/mol. The van der Waals surface area contributed by atoms with E-state index in [1.54, 1.807) is 0 Å². The van der Waals surface area contributed by atoms with Crippen LogP contribution >= 0.6 is 0 Å². The first kappa shape index (κ1) is 7.42. The van der Waals surface area contributed by atoms with Crippen molar-refractivity contribution >= 4 is 5.82 Å². The molecule has 2 aliphatic rings. The number of hydrogen-bond acceptors (Lipinski definition) is 2. The molecule has 0 bridgehead atoms. The first-order valence-corrected chi connectivity index (χ1v) is 5.13. The smallest absolute Gasteiger partial charge is 0.145 e. The standard InChI is InChI=1S/C10H15N3/c11-9-5-8(12-13-9)10-4-2-1-3-7(10)6-10/h5,7H,1-4,6H2,(H3,11,12,13). The van der Waals surface area contributed by atoms with Crippen LogP contribution in [0, 0.1) is 5.92 Å². The summed E-state index contributed by atoms with van der Waals surface area (Å²) in [7, 11) is 0. The van der Waals surface area contributed by atoms with Crippen LogP contribution in [0.4, 0.5) is 5.82 Å². The summed E-state index contributed by atoms with van der Waals surface area (Å²) in [6.45, 7) is 0. The van der Waals surface area contributed by atoms with Gasteiger partial charge in [0.1, 0.15) is 5.82 Å². The SMILES string of the molecule is Nc1cc(C23CCCCC2C3)[nH]n1. The van der Waals surface area contributed by atoms with Crippen molar-refractivity contribution in [3.63, 3.8) is 0 Å². The highest BCUT2D eigenvalue weighted by Crippen LogP contribution is 2.61. The minimum Gasteiger partial charge on any atom is -0.382 e. The number of H-pyrrole nitrogens is 1. The summed E-state index contributed by atoms with van der Waals surface area (Å²) in [5.74, 6) is 1.56. The van der Waals surface area contributed by atoms with Crippen LogP contribution in [0.3, 0.4) is 0 Å². The van der Waals surface area contributed by atoms with Gasteiger partial charge in [0.2, 0.25) is 0 Å². The van der Waals surface area contributed by atoms with Gasteiger partial charge in [-0.1, -0.05) is 12.8 Å². The lowest BCUT2D eigenvalue weighted by Gasteiger charge is -2.19. The van der Waals surface area contributed by atoms with Crippen molar-refractivity contribution in [2.24, 2.45) is 5.92 Å². The van der Waals surface area contributed by atoms with E-state index < -0.39 is 0 Å². The summed E-state index contributed by atoms with van der Waals surface area (Å²) < 4.78 is 0. The minimum atomic E-state index is 0.461.